The fraction of sp³-hybridized carbons (Fsp3) is 0.278. The van der Waals surface area contributed by atoms with E-state index < -0.39 is 0 Å². The van der Waals surface area contributed by atoms with E-state index in [4.69, 9.17) is 0 Å². The van der Waals surface area contributed by atoms with Crippen molar-refractivity contribution in [1.29, 1.82) is 0 Å². The van der Waals surface area contributed by atoms with Crippen LogP contribution in [0.25, 0.3) is 0 Å². The molecule has 23 heavy (non-hydrogen) atoms. The maximum Gasteiger partial charge on any atom is 0.439 e. The Morgan fingerprint density at radius 2 is 2.04 bits per heavy atom. The summed E-state index contributed by atoms with van der Waals surface area (Å²) in [5, 5.41) is 0. The Balaban J connectivity index is 2.04. The van der Waals surface area contributed by atoms with Crippen LogP contribution in [0.5, 0.6) is 0 Å². The minimum Gasteiger partial charge on any atom is -0.245 e. The molecule has 1 aromatic heterocycles. The molecule has 1 unspecified atom stereocenters. The Morgan fingerprint density at radius 3 is 2.70 bits per heavy atom. The number of rotatable bonds is 4. The van der Waals surface area contributed by atoms with E-state index in [1.807, 2.05) is 37.3 Å². The van der Waals surface area contributed by atoms with E-state index in [1.165, 1.54) is 4.57 Å². The summed E-state index contributed by atoms with van der Waals surface area (Å²) in [5.74, 6) is 0. The van der Waals surface area contributed by atoms with Gasteiger partial charge in [0.25, 0.3) is 0 Å². The molecule has 5 nitrogen and oxygen atoms in total. The van der Waals surface area contributed by atoms with E-state index >= 15 is 0 Å². The number of amides is 1. The van der Waals surface area contributed by atoms with Crippen LogP contribution in [0.4, 0.5) is 4.79 Å². The minimum absolute atomic E-state index is 0.0568. The molecule has 0 bridgehead atoms. The van der Waals surface area contributed by atoms with E-state index in [0.29, 0.717) is 6.54 Å². The molecule has 0 fully saturated rings. The van der Waals surface area contributed by atoms with Gasteiger partial charge >= 0.3 is 6.03 Å². The highest BCUT2D eigenvalue weighted by Crippen LogP contribution is 2.32. The van der Waals surface area contributed by atoms with Gasteiger partial charge < -0.3 is 0 Å². The summed E-state index contributed by atoms with van der Waals surface area (Å²) in [6, 6.07) is 9.99. The van der Waals surface area contributed by atoms with Crippen LogP contribution in [0.3, 0.4) is 0 Å². The van der Waals surface area contributed by atoms with Crippen LogP contribution in [0.15, 0.2) is 65.4 Å². The summed E-state index contributed by atoms with van der Waals surface area (Å²) in [5.41, 5.74) is 3.11. The number of benzene rings is 1. The van der Waals surface area contributed by atoms with Gasteiger partial charge in [-0.1, -0.05) is 43.7 Å². The molecule has 5 heteroatoms. The summed E-state index contributed by atoms with van der Waals surface area (Å²) in [6.45, 7) is 4.69. The van der Waals surface area contributed by atoms with Gasteiger partial charge in [-0.3, -0.25) is 0 Å². The van der Waals surface area contributed by atoms with Crippen molar-refractivity contribution < 1.29 is 9.28 Å². The predicted octanol–water partition coefficient (Wildman–Crippen LogP) is 3.94. The third kappa shape index (κ3) is 2.75. The zero-order valence-corrected chi connectivity index (χ0v) is 13.5. The smallest absolute Gasteiger partial charge is 0.245 e. The summed E-state index contributed by atoms with van der Waals surface area (Å²) < 4.78 is 1.63. The van der Waals surface area contributed by atoms with Crippen LogP contribution in [-0.4, -0.2) is 26.4 Å². The van der Waals surface area contributed by atoms with Gasteiger partial charge in [0, 0.05) is 24.9 Å². The number of carbonyl (C=O) groups is 1. The molecule has 0 spiro atoms. The summed E-state index contributed by atoms with van der Waals surface area (Å²) in [6.07, 6.45) is 8.52. The molecule has 0 saturated heterocycles. The van der Waals surface area contributed by atoms with Crippen LogP contribution >= 0.6 is 0 Å². The topological polar surface area (TPSA) is 47.2 Å². The van der Waals surface area contributed by atoms with Crippen molar-refractivity contribution in [3.05, 3.63) is 66.0 Å². The van der Waals surface area contributed by atoms with Crippen LogP contribution in [0.1, 0.15) is 32.3 Å². The first kappa shape index (κ1) is 15.4. The predicted molar refractivity (Wildman–Crippen MR) is 89.5 cm³/mol. The Bertz CT molecular complexity index is 747. The summed E-state index contributed by atoms with van der Waals surface area (Å²) in [7, 11) is 0. The Hall–Kier alpha value is -2.53. The van der Waals surface area contributed by atoms with Crippen LogP contribution < -0.4 is 0 Å². The molecule has 0 aliphatic carbocycles. The maximum absolute atomic E-state index is 13.2. The molecule has 0 N–H and O–H groups in total. The third-order valence-corrected chi connectivity index (χ3v) is 4.26. The number of aliphatic imine (C=N–C) groups is 1. The van der Waals surface area contributed by atoms with E-state index in [0.717, 1.165) is 29.8 Å². The lowest BCUT2D eigenvalue weighted by atomic mass is 10.1. The third-order valence-electron chi connectivity index (χ3n) is 4.26. The molecule has 1 aromatic carbocycles. The number of hydrogen-bond acceptors (Lipinski definition) is 3. The highest BCUT2D eigenvalue weighted by Gasteiger charge is 2.44. The largest absolute Gasteiger partial charge is 0.439 e. The normalized spacial score (nSPS) is 20.3. The first-order chi connectivity index (χ1) is 11.2. The molecule has 1 aliphatic heterocycles. The Morgan fingerprint density at radius 1 is 1.26 bits per heavy atom. The molecule has 0 radical (unpaired) electrons. The van der Waals surface area contributed by atoms with Crippen molar-refractivity contribution in [3.63, 3.8) is 0 Å². The van der Waals surface area contributed by atoms with Crippen LogP contribution in [-0.2, 0) is 6.54 Å². The SMILES string of the molecule is CCCC1=C(C)[N+](Cc2ccccc2)(C(=O)n2ccnc2)C=N1. The molecule has 0 saturated carbocycles. The van der Waals surface area contributed by atoms with Gasteiger partial charge in [0.15, 0.2) is 0 Å². The zero-order valence-electron chi connectivity index (χ0n) is 13.5. The molecular weight excluding hydrogens is 288 g/mol. The Kier molecular flexibility index (Phi) is 4.21. The average Bonchev–Trinajstić information content (AvgIpc) is 3.20. The monoisotopic (exact) mass is 309 g/mol. The lowest BCUT2D eigenvalue weighted by molar-refractivity contribution is -0.722. The molecule has 2 aromatic rings. The standard InChI is InChI=1S/C18H21N4O/c1-3-7-17-15(2)22(14-20-17,12-16-8-5-4-6-9-16)18(23)21-11-10-19-13-21/h4-6,8-11,13-14H,3,7,12H2,1-2H3/q+1. The summed E-state index contributed by atoms with van der Waals surface area (Å²) in [4.78, 5) is 21.7. The van der Waals surface area contributed by atoms with E-state index in [1.54, 1.807) is 25.1 Å². The highest BCUT2D eigenvalue weighted by atomic mass is 16.2. The van der Waals surface area contributed by atoms with Gasteiger partial charge in [-0.05, 0) is 6.42 Å². The van der Waals surface area contributed by atoms with Gasteiger partial charge in [0.2, 0.25) is 6.34 Å². The molecule has 118 valence electrons. The van der Waals surface area contributed by atoms with Gasteiger partial charge in [-0.25, -0.2) is 19.3 Å². The molecule has 1 atom stereocenters. The second-order valence-electron chi connectivity index (χ2n) is 5.79. The lowest BCUT2D eigenvalue weighted by Gasteiger charge is -2.28. The second-order valence-corrected chi connectivity index (χ2v) is 5.79. The second kappa shape index (κ2) is 6.30. The van der Waals surface area contributed by atoms with E-state index in [-0.39, 0.29) is 10.5 Å². The van der Waals surface area contributed by atoms with Crippen molar-refractivity contribution in [2.45, 2.75) is 33.2 Å². The Labute approximate surface area is 136 Å². The number of imidazole rings is 1. The number of aromatic nitrogens is 2. The van der Waals surface area contributed by atoms with Gasteiger partial charge in [0.1, 0.15) is 24.3 Å². The number of hydrogen-bond donors (Lipinski definition) is 0. The molecule has 3 rings (SSSR count). The van der Waals surface area contributed by atoms with Crippen molar-refractivity contribution in [3.8, 4) is 0 Å². The molecule has 1 amide bonds. The van der Waals surface area contributed by atoms with Gasteiger partial charge in [0.05, 0.1) is 0 Å². The van der Waals surface area contributed by atoms with Crippen molar-refractivity contribution in [1.82, 2.24) is 9.55 Å². The fourth-order valence-corrected chi connectivity index (χ4v) is 2.93. The van der Waals surface area contributed by atoms with E-state index in [9.17, 15) is 4.79 Å². The number of quaternary nitrogens is 1. The molecule has 1 aliphatic rings. The van der Waals surface area contributed by atoms with Crippen molar-refractivity contribution >= 4 is 12.4 Å². The number of nitrogens with zero attached hydrogens (tertiary/aromatic N) is 4. The number of allylic oxidation sites excluding steroid dienone is 2. The van der Waals surface area contributed by atoms with Crippen LogP contribution in [0.2, 0.25) is 0 Å². The van der Waals surface area contributed by atoms with Gasteiger partial charge in [-0.15, -0.1) is 0 Å². The molecule has 2 heterocycles. The van der Waals surface area contributed by atoms with Crippen molar-refractivity contribution in [2.24, 2.45) is 4.99 Å². The quantitative estimate of drug-likeness (QED) is 0.803. The first-order valence-corrected chi connectivity index (χ1v) is 7.87. The van der Waals surface area contributed by atoms with Crippen molar-refractivity contribution in [2.75, 3.05) is 0 Å². The minimum atomic E-state index is -0.0568. The van der Waals surface area contributed by atoms with Gasteiger partial charge in [-0.2, -0.15) is 4.48 Å². The number of carbonyl (C=O) groups excluding carboxylic acids is 1. The lowest BCUT2D eigenvalue weighted by Crippen LogP contribution is -2.50. The first-order valence-electron chi connectivity index (χ1n) is 7.87. The fourth-order valence-electron chi connectivity index (χ4n) is 2.93. The molecular formula is C18H21N4O+. The zero-order chi connectivity index (χ0) is 16.3. The van der Waals surface area contributed by atoms with E-state index in [2.05, 4.69) is 16.9 Å². The summed E-state index contributed by atoms with van der Waals surface area (Å²) >= 11 is 0. The highest BCUT2D eigenvalue weighted by molar-refractivity contribution is 5.80. The van der Waals surface area contributed by atoms with Crippen LogP contribution in [0, 0.1) is 0 Å². The average molecular weight is 309 g/mol. The maximum atomic E-state index is 13.2.